The zero-order chi connectivity index (χ0) is 17.4. The van der Waals surface area contributed by atoms with Crippen molar-refractivity contribution in [2.24, 2.45) is 5.92 Å². The second kappa shape index (κ2) is 6.78. The topological polar surface area (TPSA) is 49.3 Å². The molecule has 0 unspecified atom stereocenters. The Kier molecular flexibility index (Phi) is 4.64. The maximum absolute atomic E-state index is 13.2. The van der Waals surface area contributed by atoms with Gasteiger partial charge in [0.05, 0.1) is 0 Å². The Hall–Kier alpha value is -1.31. The number of aromatic nitrogens is 2. The Morgan fingerprint density at radius 3 is 2.40 bits per heavy atom. The predicted octanol–water partition coefficient (Wildman–Crippen LogP) is 3.28. The van der Waals surface area contributed by atoms with E-state index in [-0.39, 0.29) is 31.8 Å². The fourth-order valence-electron chi connectivity index (χ4n) is 3.64. The van der Waals surface area contributed by atoms with Crippen LogP contribution < -0.4 is 4.90 Å². The van der Waals surface area contributed by atoms with Crippen LogP contribution in [0.25, 0.3) is 0 Å². The summed E-state index contributed by atoms with van der Waals surface area (Å²) in [6.07, 6.45) is 4.47. The van der Waals surface area contributed by atoms with Gasteiger partial charge in [0.15, 0.2) is 0 Å². The lowest BCUT2D eigenvalue weighted by molar-refractivity contribution is -0.138. The van der Waals surface area contributed by atoms with Crippen molar-refractivity contribution >= 4 is 22.4 Å². The second-order valence-corrected chi connectivity index (χ2v) is 8.56. The number of anilines is 1. The number of rotatable bonds is 4. The van der Waals surface area contributed by atoms with Gasteiger partial charge in [0.1, 0.15) is 5.01 Å². The number of halogens is 2. The molecule has 3 fully saturated rings. The predicted molar refractivity (Wildman–Crippen MR) is 92.2 cm³/mol. The van der Waals surface area contributed by atoms with E-state index in [9.17, 15) is 13.6 Å². The van der Waals surface area contributed by atoms with Crippen molar-refractivity contribution in [1.82, 2.24) is 15.1 Å². The van der Waals surface area contributed by atoms with Crippen molar-refractivity contribution in [3.8, 4) is 0 Å². The third-order valence-electron chi connectivity index (χ3n) is 5.55. The standard InChI is InChI=1S/C17H24F2N4OS/c18-17(19)5-9-22(10-6-17)14(24)11-12-3-7-23(8-4-12)16-21-20-15(25-16)13-1-2-13/h12-13H,1-11H2. The Balaban J connectivity index is 1.23. The molecule has 0 aromatic carbocycles. The molecule has 3 aliphatic rings. The van der Waals surface area contributed by atoms with Crippen LogP contribution in [0.1, 0.15) is 55.9 Å². The van der Waals surface area contributed by atoms with Crippen molar-refractivity contribution in [2.45, 2.75) is 56.8 Å². The summed E-state index contributed by atoms with van der Waals surface area (Å²) in [5.74, 6) is -1.57. The normalized spacial score (nSPS) is 24.6. The van der Waals surface area contributed by atoms with E-state index < -0.39 is 5.92 Å². The van der Waals surface area contributed by atoms with Gasteiger partial charge in [-0.05, 0) is 31.6 Å². The summed E-state index contributed by atoms with van der Waals surface area (Å²) in [6, 6.07) is 0. The molecule has 8 heteroatoms. The van der Waals surface area contributed by atoms with Gasteiger partial charge in [-0.15, -0.1) is 10.2 Å². The third kappa shape index (κ3) is 4.10. The molecule has 0 atom stereocenters. The highest BCUT2D eigenvalue weighted by Crippen LogP contribution is 2.43. The fourth-order valence-corrected chi connectivity index (χ4v) is 4.70. The molecule has 0 bridgehead atoms. The molecular weight excluding hydrogens is 346 g/mol. The van der Waals surface area contributed by atoms with Crippen LogP contribution in [0.2, 0.25) is 0 Å². The van der Waals surface area contributed by atoms with Crippen LogP contribution >= 0.6 is 11.3 Å². The molecule has 3 heterocycles. The molecule has 138 valence electrons. The molecular formula is C17H24F2N4OS. The molecule has 25 heavy (non-hydrogen) atoms. The molecule has 1 aliphatic carbocycles. The molecule has 0 N–H and O–H groups in total. The zero-order valence-electron chi connectivity index (χ0n) is 14.3. The van der Waals surface area contributed by atoms with Crippen LogP contribution in [0, 0.1) is 5.92 Å². The zero-order valence-corrected chi connectivity index (χ0v) is 15.1. The fraction of sp³-hybridized carbons (Fsp3) is 0.824. The number of carbonyl (C=O) groups is 1. The van der Waals surface area contributed by atoms with Gasteiger partial charge in [-0.1, -0.05) is 11.3 Å². The van der Waals surface area contributed by atoms with Gasteiger partial charge < -0.3 is 9.80 Å². The van der Waals surface area contributed by atoms with E-state index in [4.69, 9.17) is 0 Å². The first-order valence-corrected chi connectivity index (χ1v) is 10.1. The van der Waals surface area contributed by atoms with Gasteiger partial charge in [-0.25, -0.2) is 8.78 Å². The van der Waals surface area contributed by atoms with Crippen molar-refractivity contribution in [2.75, 3.05) is 31.1 Å². The lowest BCUT2D eigenvalue weighted by Crippen LogP contribution is -2.44. The molecule has 1 saturated carbocycles. The first kappa shape index (κ1) is 17.1. The largest absolute Gasteiger partial charge is 0.347 e. The van der Waals surface area contributed by atoms with Crippen LogP contribution in [0.4, 0.5) is 13.9 Å². The van der Waals surface area contributed by atoms with Gasteiger partial charge in [0, 0.05) is 51.4 Å². The van der Waals surface area contributed by atoms with E-state index in [0.29, 0.717) is 18.3 Å². The number of hydrogen-bond donors (Lipinski definition) is 0. The summed E-state index contributed by atoms with van der Waals surface area (Å²) < 4.78 is 26.4. The highest BCUT2D eigenvalue weighted by Gasteiger charge is 2.36. The summed E-state index contributed by atoms with van der Waals surface area (Å²) in [6.45, 7) is 2.18. The number of nitrogens with zero attached hydrogens (tertiary/aromatic N) is 4. The minimum Gasteiger partial charge on any atom is -0.347 e. The lowest BCUT2D eigenvalue weighted by Gasteiger charge is -2.35. The molecule has 5 nitrogen and oxygen atoms in total. The molecule has 1 amide bonds. The number of amides is 1. The van der Waals surface area contributed by atoms with E-state index in [1.807, 2.05) is 0 Å². The first-order chi connectivity index (χ1) is 12.0. The van der Waals surface area contributed by atoms with Crippen LogP contribution in [0.15, 0.2) is 0 Å². The molecule has 4 rings (SSSR count). The van der Waals surface area contributed by atoms with Gasteiger partial charge in [0.25, 0.3) is 5.92 Å². The monoisotopic (exact) mass is 370 g/mol. The van der Waals surface area contributed by atoms with Crippen LogP contribution in [0.3, 0.4) is 0 Å². The molecule has 2 saturated heterocycles. The van der Waals surface area contributed by atoms with Gasteiger partial charge >= 0.3 is 0 Å². The average Bonchev–Trinajstić information content (AvgIpc) is 3.33. The Bertz CT molecular complexity index is 616. The molecule has 0 radical (unpaired) electrons. The smallest absolute Gasteiger partial charge is 0.251 e. The highest BCUT2D eigenvalue weighted by molar-refractivity contribution is 7.15. The molecule has 1 aromatic rings. The highest BCUT2D eigenvalue weighted by atomic mass is 32.1. The van der Waals surface area contributed by atoms with Crippen molar-refractivity contribution in [3.63, 3.8) is 0 Å². The van der Waals surface area contributed by atoms with E-state index in [1.165, 1.54) is 12.8 Å². The lowest BCUT2D eigenvalue weighted by atomic mass is 9.92. The van der Waals surface area contributed by atoms with Crippen LogP contribution in [0.5, 0.6) is 0 Å². The Morgan fingerprint density at radius 1 is 1.08 bits per heavy atom. The van der Waals surface area contributed by atoms with E-state index in [1.54, 1.807) is 16.2 Å². The second-order valence-electron chi connectivity index (χ2n) is 7.57. The van der Waals surface area contributed by atoms with Crippen LogP contribution in [-0.4, -0.2) is 53.1 Å². The molecule has 0 spiro atoms. The maximum Gasteiger partial charge on any atom is 0.251 e. The average molecular weight is 370 g/mol. The van der Waals surface area contributed by atoms with Gasteiger partial charge in [-0.2, -0.15) is 0 Å². The summed E-state index contributed by atoms with van der Waals surface area (Å²) >= 11 is 1.71. The number of hydrogen-bond acceptors (Lipinski definition) is 5. The molecule has 1 aromatic heterocycles. The quantitative estimate of drug-likeness (QED) is 0.816. The number of alkyl halides is 2. The molecule has 2 aliphatic heterocycles. The van der Waals surface area contributed by atoms with Crippen molar-refractivity contribution in [1.29, 1.82) is 0 Å². The Morgan fingerprint density at radius 2 is 1.76 bits per heavy atom. The SMILES string of the molecule is O=C(CC1CCN(c2nnc(C3CC3)s2)CC1)N1CCC(F)(F)CC1. The van der Waals surface area contributed by atoms with Crippen molar-refractivity contribution in [3.05, 3.63) is 5.01 Å². The summed E-state index contributed by atoms with van der Waals surface area (Å²) in [4.78, 5) is 16.3. The summed E-state index contributed by atoms with van der Waals surface area (Å²) in [7, 11) is 0. The maximum atomic E-state index is 13.2. The number of carbonyl (C=O) groups excluding carboxylic acids is 1. The minimum absolute atomic E-state index is 0.0425. The van der Waals surface area contributed by atoms with E-state index in [2.05, 4.69) is 15.1 Å². The summed E-state index contributed by atoms with van der Waals surface area (Å²) in [5, 5.41) is 10.8. The first-order valence-electron chi connectivity index (χ1n) is 9.24. The Labute approximate surface area is 150 Å². The number of piperidine rings is 2. The van der Waals surface area contributed by atoms with Gasteiger partial charge in [0.2, 0.25) is 11.0 Å². The van der Waals surface area contributed by atoms with E-state index >= 15 is 0 Å². The summed E-state index contributed by atoms with van der Waals surface area (Å²) in [5.41, 5.74) is 0. The number of likely N-dealkylation sites (tertiary alicyclic amines) is 1. The van der Waals surface area contributed by atoms with Crippen LogP contribution in [-0.2, 0) is 4.79 Å². The third-order valence-corrected chi connectivity index (χ3v) is 6.70. The van der Waals surface area contributed by atoms with Gasteiger partial charge in [-0.3, -0.25) is 4.79 Å². The van der Waals surface area contributed by atoms with E-state index in [0.717, 1.165) is 36.1 Å². The van der Waals surface area contributed by atoms with Crippen molar-refractivity contribution < 1.29 is 13.6 Å². The minimum atomic E-state index is -2.59.